The number of nitrogens with zero attached hydrogens (tertiary/aromatic N) is 3. The number of hydrogen-bond acceptors (Lipinski definition) is 4. The highest BCUT2D eigenvalue weighted by atomic mass is 15.3. The van der Waals surface area contributed by atoms with Gasteiger partial charge in [0.25, 0.3) is 0 Å². The zero-order valence-corrected chi connectivity index (χ0v) is 12.0. The number of piperidine rings is 1. The maximum atomic E-state index is 4.74. The van der Waals surface area contributed by atoms with Gasteiger partial charge in [0, 0.05) is 30.7 Å². The van der Waals surface area contributed by atoms with Gasteiger partial charge in [0.1, 0.15) is 0 Å². The van der Waals surface area contributed by atoms with Crippen LogP contribution in [-0.4, -0.2) is 35.6 Å². The summed E-state index contributed by atoms with van der Waals surface area (Å²) in [7, 11) is 0. The summed E-state index contributed by atoms with van der Waals surface area (Å²) in [6.07, 6.45) is 5.71. The number of likely N-dealkylation sites (N-methyl/N-ethyl adjacent to an activating group) is 1. The minimum atomic E-state index is 0.518. The van der Waals surface area contributed by atoms with Crippen molar-refractivity contribution < 1.29 is 0 Å². The first-order chi connectivity index (χ1) is 9.88. The van der Waals surface area contributed by atoms with Gasteiger partial charge in [-0.25, -0.2) is 9.97 Å². The second-order valence-electron chi connectivity index (χ2n) is 5.38. The fourth-order valence-electron chi connectivity index (χ4n) is 2.89. The van der Waals surface area contributed by atoms with Gasteiger partial charge in [0.15, 0.2) is 0 Å². The number of fused-ring (bicyclic) bond motifs is 1. The van der Waals surface area contributed by atoms with Crippen LogP contribution in [0.4, 0.5) is 5.95 Å². The highest BCUT2D eigenvalue weighted by Crippen LogP contribution is 2.23. The summed E-state index contributed by atoms with van der Waals surface area (Å²) in [4.78, 5) is 11.7. The Morgan fingerprint density at radius 3 is 3.10 bits per heavy atom. The molecule has 2 aromatic rings. The molecule has 1 fully saturated rings. The van der Waals surface area contributed by atoms with E-state index in [1.165, 1.54) is 19.3 Å². The summed E-state index contributed by atoms with van der Waals surface area (Å²) < 4.78 is 0. The quantitative estimate of drug-likeness (QED) is 0.927. The molecule has 1 unspecified atom stereocenters. The molecule has 1 saturated heterocycles. The number of nitrogens with one attached hydrogen (secondary N) is 1. The van der Waals surface area contributed by atoms with Crippen molar-refractivity contribution >= 4 is 16.9 Å². The Bertz CT molecular complexity index is 569. The van der Waals surface area contributed by atoms with Gasteiger partial charge < -0.3 is 10.2 Å². The van der Waals surface area contributed by atoms with Crippen LogP contribution in [0.2, 0.25) is 0 Å². The third-order valence-corrected chi connectivity index (χ3v) is 3.99. The number of anilines is 1. The molecule has 4 nitrogen and oxygen atoms in total. The van der Waals surface area contributed by atoms with Crippen LogP contribution < -0.4 is 10.2 Å². The van der Waals surface area contributed by atoms with E-state index in [1.807, 2.05) is 18.3 Å². The monoisotopic (exact) mass is 270 g/mol. The van der Waals surface area contributed by atoms with E-state index in [0.29, 0.717) is 6.04 Å². The second-order valence-corrected chi connectivity index (χ2v) is 5.38. The molecule has 0 aliphatic carbocycles. The third kappa shape index (κ3) is 2.75. The molecule has 1 atom stereocenters. The SMILES string of the molecule is CCNCC1CCCCN1c1ncc2ccccc2n1. The maximum Gasteiger partial charge on any atom is 0.226 e. The lowest BCUT2D eigenvalue weighted by atomic mass is 10.0. The molecule has 0 amide bonds. The van der Waals surface area contributed by atoms with Crippen molar-refractivity contribution in [3.05, 3.63) is 30.5 Å². The zero-order valence-electron chi connectivity index (χ0n) is 12.0. The fourth-order valence-corrected chi connectivity index (χ4v) is 2.89. The number of aromatic nitrogens is 2. The Hall–Kier alpha value is -1.68. The molecule has 1 aliphatic heterocycles. The van der Waals surface area contributed by atoms with Gasteiger partial charge in [-0.3, -0.25) is 0 Å². The van der Waals surface area contributed by atoms with Crippen LogP contribution in [-0.2, 0) is 0 Å². The fraction of sp³-hybridized carbons (Fsp3) is 0.500. The summed E-state index contributed by atoms with van der Waals surface area (Å²) in [6.45, 7) is 5.25. The summed E-state index contributed by atoms with van der Waals surface area (Å²) in [5.74, 6) is 0.881. The molecular formula is C16H22N4. The van der Waals surface area contributed by atoms with Crippen molar-refractivity contribution in [1.29, 1.82) is 0 Å². The Labute approximate surface area is 120 Å². The molecule has 0 spiro atoms. The average molecular weight is 270 g/mol. The van der Waals surface area contributed by atoms with Crippen molar-refractivity contribution in [1.82, 2.24) is 15.3 Å². The van der Waals surface area contributed by atoms with Gasteiger partial charge in [0.05, 0.1) is 5.52 Å². The van der Waals surface area contributed by atoms with Crippen molar-refractivity contribution in [2.24, 2.45) is 0 Å². The van der Waals surface area contributed by atoms with Gasteiger partial charge in [-0.15, -0.1) is 0 Å². The van der Waals surface area contributed by atoms with E-state index in [4.69, 9.17) is 4.98 Å². The van der Waals surface area contributed by atoms with Crippen LogP contribution in [0.5, 0.6) is 0 Å². The molecule has 1 N–H and O–H groups in total. The first-order valence-electron chi connectivity index (χ1n) is 7.57. The van der Waals surface area contributed by atoms with E-state index < -0.39 is 0 Å². The normalized spacial score (nSPS) is 19.4. The van der Waals surface area contributed by atoms with Crippen LogP contribution in [0.25, 0.3) is 10.9 Å². The van der Waals surface area contributed by atoms with Crippen molar-refractivity contribution in [3.8, 4) is 0 Å². The minimum absolute atomic E-state index is 0.518. The standard InChI is InChI=1S/C16H22N4/c1-2-17-12-14-8-5-6-10-20(14)16-18-11-13-7-3-4-9-15(13)19-16/h3-4,7,9,11,14,17H,2,5-6,8,10,12H2,1H3. The first-order valence-corrected chi connectivity index (χ1v) is 7.57. The molecule has 0 radical (unpaired) electrons. The molecule has 20 heavy (non-hydrogen) atoms. The smallest absolute Gasteiger partial charge is 0.226 e. The Morgan fingerprint density at radius 1 is 1.30 bits per heavy atom. The van der Waals surface area contributed by atoms with E-state index in [1.54, 1.807) is 0 Å². The third-order valence-electron chi connectivity index (χ3n) is 3.99. The largest absolute Gasteiger partial charge is 0.337 e. The summed E-state index contributed by atoms with van der Waals surface area (Å²) >= 11 is 0. The Kier molecular flexibility index (Phi) is 4.11. The predicted octanol–water partition coefficient (Wildman–Crippen LogP) is 2.60. The molecule has 1 aromatic heterocycles. The lowest BCUT2D eigenvalue weighted by Gasteiger charge is -2.36. The zero-order chi connectivity index (χ0) is 13.8. The predicted molar refractivity (Wildman–Crippen MR) is 83.1 cm³/mol. The van der Waals surface area contributed by atoms with E-state index >= 15 is 0 Å². The molecule has 2 heterocycles. The van der Waals surface area contributed by atoms with Gasteiger partial charge in [-0.1, -0.05) is 25.1 Å². The summed E-state index contributed by atoms with van der Waals surface area (Å²) in [6, 6.07) is 8.70. The first kappa shape index (κ1) is 13.3. The van der Waals surface area contributed by atoms with E-state index in [2.05, 4.69) is 34.3 Å². The average Bonchev–Trinajstić information content (AvgIpc) is 2.53. The molecule has 106 valence electrons. The second kappa shape index (κ2) is 6.18. The highest BCUT2D eigenvalue weighted by Gasteiger charge is 2.24. The summed E-state index contributed by atoms with van der Waals surface area (Å²) in [5.41, 5.74) is 1.03. The van der Waals surface area contributed by atoms with Crippen molar-refractivity contribution in [2.75, 3.05) is 24.5 Å². The Balaban J connectivity index is 1.86. The number of rotatable bonds is 4. The molecule has 1 aliphatic rings. The number of para-hydroxylation sites is 1. The van der Waals surface area contributed by atoms with Crippen molar-refractivity contribution in [2.45, 2.75) is 32.2 Å². The topological polar surface area (TPSA) is 41.0 Å². The lowest BCUT2D eigenvalue weighted by molar-refractivity contribution is 0.433. The maximum absolute atomic E-state index is 4.74. The molecule has 4 heteroatoms. The molecule has 0 bridgehead atoms. The lowest BCUT2D eigenvalue weighted by Crippen LogP contribution is -2.46. The van der Waals surface area contributed by atoms with Crippen LogP contribution in [0.15, 0.2) is 30.5 Å². The van der Waals surface area contributed by atoms with Crippen LogP contribution in [0.3, 0.4) is 0 Å². The van der Waals surface area contributed by atoms with E-state index in [-0.39, 0.29) is 0 Å². The van der Waals surface area contributed by atoms with Crippen molar-refractivity contribution in [3.63, 3.8) is 0 Å². The van der Waals surface area contributed by atoms with E-state index in [0.717, 1.165) is 36.5 Å². The van der Waals surface area contributed by atoms with Gasteiger partial charge in [0.2, 0.25) is 5.95 Å². The summed E-state index contributed by atoms with van der Waals surface area (Å²) in [5, 5.41) is 4.57. The molecule has 0 saturated carbocycles. The van der Waals surface area contributed by atoms with Crippen LogP contribution >= 0.6 is 0 Å². The Morgan fingerprint density at radius 2 is 2.20 bits per heavy atom. The van der Waals surface area contributed by atoms with Gasteiger partial charge in [-0.05, 0) is 31.9 Å². The number of benzene rings is 1. The molecular weight excluding hydrogens is 248 g/mol. The number of hydrogen-bond donors (Lipinski definition) is 1. The minimum Gasteiger partial charge on any atom is -0.337 e. The van der Waals surface area contributed by atoms with Crippen LogP contribution in [0.1, 0.15) is 26.2 Å². The van der Waals surface area contributed by atoms with Crippen LogP contribution in [0, 0.1) is 0 Å². The molecule has 1 aromatic carbocycles. The highest BCUT2D eigenvalue weighted by molar-refractivity contribution is 5.78. The van der Waals surface area contributed by atoms with E-state index in [9.17, 15) is 0 Å². The molecule has 3 rings (SSSR count). The van der Waals surface area contributed by atoms with Gasteiger partial charge in [-0.2, -0.15) is 0 Å². The van der Waals surface area contributed by atoms with Gasteiger partial charge >= 0.3 is 0 Å².